The molecular weight excluding hydrogens is 1260 g/mol. The molecule has 6 heterocycles. The summed E-state index contributed by atoms with van der Waals surface area (Å²) in [4.78, 5) is 12.9. The predicted molar refractivity (Wildman–Crippen MR) is 356 cm³/mol. The quantitative estimate of drug-likeness (QED) is 0.139. The number of para-hydroxylation sites is 6. The van der Waals surface area contributed by atoms with Crippen molar-refractivity contribution in [3.63, 3.8) is 0 Å². The Kier molecular flexibility index (Phi) is 20.7. The molecule has 87 heavy (non-hydrogen) atoms. The normalized spacial score (nSPS) is 10.8. The zero-order chi connectivity index (χ0) is 57.9. The molecule has 0 fully saturated rings. The van der Waals surface area contributed by atoms with Crippen molar-refractivity contribution in [2.24, 2.45) is 0 Å². The van der Waals surface area contributed by atoms with Crippen LogP contribution in [0.4, 0.5) is 0 Å². The van der Waals surface area contributed by atoms with Crippen LogP contribution in [0.25, 0.3) is 99.1 Å². The third-order valence-electron chi connectivity index (χ3n) is 15.2. The molecule has 0 spiro atoms. The van der Waals surface area contributed by atoms with Gasteiger partial charge in [-0.15, -0.1) is 0 Å². The van der Waals surface area contributed by atoms with Crippen LogP contribution in [0.3, 0.4) is 0 Å². The molecular formula is C76H61Br2Cl3N6. The molecule has 0 amide bonds. The van der Waals surface area contributed by atoms with Crippen molar-refractivity contribution in [1.29, 1.82) is 0 Å². The van der Waals surface area contributed by atoms with Crippen LogP contribution in [0, 0.1) is 0 Å². The van der Waals surface area contributed by atoms with Crippen LogP contribution in [0.15, 0.2) is 286 Å². The highest BCUT2D eigenvalue weighted by molar-refractivity contribution is 6.31. The largest absolute Gasteiger partial charge is 1.00 e. The number of halogens is 5. The molecule has 0 saturated heterocycles. The van der Waals surface area contributed by atoms with E-state index in [2.05, 4.69) is 232 Å². The highest BCUT2D eigenvalue weighted by Gasteiger charge is 2.16. The summed E-state index contributed by atoms with van der Waals surface area (Å²) in [6.45, 7) is 4.94. The Labute approximate surface area is 543 Å². The van der Waals surface area contributed by atoms with Gasteiger partial charge in [0.05, 0.1) is 22.4 Å². The van der Waals surface area contributed by atoms with Gasteiger partial charge in [-0.2, -0.15) is 9.13 Å². The van der Waals surface area contributed by atoms with Gasteiger partial charge < -0.3 is 43.5 Å². The van der Waals surface area contributed by atoms with Gasteiger partial charge in [-0.3, -0.25) is 0 Å². The summed E-state index contributed by atoms with van der Waals surface area (Å²) in [6, 6.07) is 89.1. The number of benzene rings is 9. The minimum atomic E-state index is 0. The zero-order valence-corrected chi connectivity index (χ0v) is 53.2. The van der Waals surface area contributed by atoms with Gasteiger partial charge in [0, 0.05) is 123 Å². The smallest absolute Gasteiger partial charge is 0.212 e. The maximum absolute atomic E-state index is 6.18. The van der Waals surface area contributed by atoms with Crippen molar-refractivity contribution >= 4 is 100 Å². The molecule has 0 atom stereocenters. The average molecular weight is 1320 g/mol. The number of nitrogens with zero attached hydrogens (tertiary/aromatic N) is 5. The van der Waals surface area contributed by atoms with Gasteiger partial charge in [-0.25, -0.2) is 9.97 Å². The summed E-state index contributed by atoms with van der Waals surface area (Å²) < 4.78 is 6.89. The average Bonchev–Trinajstić information content (AvgIpc) is 3.15. The van der Waals surface area contributed by atoms with E-state index in [1.54, 1.807) is 0 Å². The maximum Gasteiger partial charge on any atom is 0.212 e. The third kappa shape index (κ3) is 14.9. The van der Waals surface area contributed by atoms with Crippen molar-refractivity contribution in [3.8, 4) is 33.6 Å². The van der Waals surface area contributed by atoms with Crippen LogP contribution < -0.4 is 43.1 Å². The number of fused-ring (bicyclic) bond motifs is 6. The molecule has 6 nitrogen and oxygen atoms in total. The molecule has 6 aromatic heterocycles. The van der Waals surface area contributed by atoms with E-state index in [4.69, 9.17) is 44.8 Å². The third-order valence-corrected chi connectivity index (χ3v) is 15.9. The molecule has 9 aromatic carbocycles. The van der Waals surface area contributed by atoms with Gasteiger partial charge >= 0.3 is 0 Å². The summed E-state index contributed by atoms with van der Waals surface area (Å²) in [7, 11) is 0. The van der Waals surface area contributed by atoms with E-state index < -0.39 is 0 Å². The number of aromatic amines is 1. The Hall–Kier alpha value is -8.47. The van der Waals surface area contributed by atoms with Gasteiger partial charge in [-0.1, -0.05) is 194 Å². The number of unbranched alkanes of at least 4 members (excludes halogenated alkanes) is 1. The lowest BCUT2D eigenvalue weighted by atomic mass is 10.0. The summed E-state index contributed by atoms with van der Waals surface area (Å²) in [5, 5.41) is 9.60. The van der Waals surface area contributed by atoms with E-state index in [-0.39, 0.29) is 34.0 Å². The molecule has 0 saturated carbocycles. The van der Waals surface area contributed by atoms with Crippen LogP contribution in [0.2, 0.25) is 15.1 Å². The van der Waals surface area contributed by atoms with Crippen LogP contribution >= 0.6 is 34.8 Å². The summed E-state index contributed by atoms with van der Waals surface area (Å²) in [5.74, 6) is 0. The van der Waals surface area contributed by atoms with Crippen molar-refractivity contribution < 1.29 is 43.1 Å². The van der Waals surface area contributed by atoms with E-state index in [1.165, 1.54) is 78.4 Å². The number of aromatic nitrogens is 6. The number of aryl methyl sites for hydroxylation is 1. The Bertz CT molecular complexity index is 4770. The lowest BCUT2D eigenvalue weighted by Gasteiger charge is -2.07. The zero-order valence-electron chi connectivity index (χ0n) is 47.8. The second-order valence-electron chi connectivity index (χ2n) is 21.0. The predicted octanol–water partition coefficient (Wildman–Crippen LogP) is 14.0. The van der Waals surface area contributed by atoms with Crippen molar-refractivity contribution in [1.82, 2.24) is 19.5 Å². The van der Waals surface area contributed by atoms with E-state index in [0.29, 0.717) is 0 Å². The molecule has 11 heteroatoms. The van der Waals surface area contributed by atoms with Crippen molar-refractivity contribution in [3.05, 3.63) is 312 Å². The van der Waals surface area contributed by atoms with Crippen LogP contribution in [-0.2, 0) is 19.6 Å². The second-order valence-corrected chi connectivity index (χ2v) is 22.3. The monoisotopic (exact) mass is 1320 g/mol. The van der Waals surface area contributed by atoms with Crippen LogP contribution in [0.1, 0.15) is 30.9 Å². The first-order chi connectivity index (χ1) is 41.8. The lowest BCUT2D eigenvalue weighted by Crippen LogP contribution is -3.00. The minimum Gasteiger partial charge on any atom is -1.00 e. The number of rotatable bonds is 10. The number of hydrogen-bond acceptors (Lipinski definition) is 2. The van der Waals surface area contributed by atoms with Gasteiger partial charge in [0.25, 0.3) is 0 Å². The lowest BCUT2D eigenvalue weighted by molar-refractivity contribution is -0.662. The molecule has 1 N–H and O–H groups in total. The number of hydrogen-bond donors (Lipinski definition) is 1. The molecule has 15 aromatic rings. The van der Waals surface area contributed by atoms with Crippen LogP contribution in [-0.4, -0.2) is 19.5 Å². The number of pyridine rings is 4. The number of nitrogens with one attached hydrogen (secondary N) is 1. The summed E-state index contributed by atoms with van der Waals surface area (Å²) in [5.41, 5.74) is 16.1. The van der Waals surface area contributed by atoms with E-state index in [0.717, 1.165) is 79.3 Å². The Morgan fingerprint density at radius 3 is 1.63 bits per heavy atom. The first-order valence-electron chi connectivity index (χ1n) is 28.7. The SMILES string of the molecule is CCCCn1cc(-c2ccc3ccccc3n2)c2ccccc21.Clc1ccc(C[n+]2cc(-c3cccc(Cl)c3)cc3ccccc32)cc1.Clc1ccc(C[n+]2cccc3ccccc32)cc1.[Br-].[Br-].c1ccc2nc(-c3c[nH]c4ccccc34)ccc2c1. The first-order valence-corrected chi connectivity index (χ1v) is 29.8. The standard InChI is InChI=1S/C22H16Cl2N.C21H20N2.C17H12N2.C16H13ClN.2BrH/c23-20-10-8-16(9-11-20)14-25-15-19(17-5-3-6-21(24)13-17)12-18-4-1-2-7-22(18)25;1-2-3-14-23-15-18(17-9-5-7-11-21(17)23)20-13-12-16-8-4-6-10-19(16)22-20;1-3-7-15-12(5-1)9-10-17(19-15)14-11-18-16-8-4-2-6-13(14)16;17-15-9-7-13(8-10-15)12-18-11-3-5-14-4-1-2-6-16(14)18;;/h1-13,15H,14H2;4-13,15H,2-3,14H2,1H3;1-11,18H;1-11H,12H2;2*1H/q+1;;;+1;;/p-2. The first kappa shape index (κ1) is 61.6. The molecule has 430 valence electrons. The molecule has 0 aliphatic rings. The molecule has 0 radical (unpaired) electrons. The minimum absolute atomic E-state index is 0. The maximum atomic E-state index is 6.18. The van der Waals surface area contributed by atoms with Crippen LogP contribution in [0.5, 0.6) is 0 Å². The molecule has 0 bridgehead atoms. The van der Waals surface area contributed by atoms with E-state index in [1.807, 2.05) is 79.0 Å². The highest BCUT2D eigenvalue weighted by Crippen LogP contribution is 2.32. The second kappa shape index (κ2) is 29.3. The topological polar surface area (TPSA) is 54.3 Å². The summed E-state index contributed by atoms with van der Waals surface area (Å²) in [6.07, 6.45) is 11.0. The van der Waals surface area contributed by atoms with Gasteiger partial charge in [0.2, 0.25) is 11.0 Å². The molecule has 15 rings (SSSR count). The van der Waals surface area contributed by atoms with Gasteiger partial charge in [0.1, 0.15) is 0 Å². The fraction of sp³-hybridized carbons (Fsp3) is 0.0789. The summed E-state index contributed by atoms with van der Waals surface area (Å²) >= 11 is 18.1. The highest BCUT2D eigenvalue weighted by atomic mass is 79.9. The van der Waals surface area contributed by atoms with E-state index >= 15 is 0 Å². The van der Waals surface area contributed by atoms with Crippen molar-refractivity contribution in [2.75, 3.05) is 0 Å². The Balaban J connectivity index is 0.000000128. The van der Waals surface area contributed by atoms with E-state index in [9.17, 15) is 0 Å². The molecule has 0 aliphatic heterocycles. The fourth-order valence-corrected chi connectivity index (χ4v) is 11.3. The Morgan fingerprint density at radius 1 is 0.437 bits per heavy atom. The molecule has 0 unspecified atom stereocenters. The van der Waals surface area contributed by atoms with Gasteiger partial charge in [0.15, 0.2) is 25.5 Å². The molecule has 0 aliphatic carbocycles. The number of H-pyrrole nitrogens is 1. The Morgan fingerprint density at radius 2 is 0.977 bits per heavy atom. The van der Waals surface area contributed by atoms with Crippen molar-refractivity contribution in [2.45, 2.75) is 39.4 Å². The fourth-order valence-electron chi connectivity index (χ4n) is 10.9. The van der Waals surface area contributed by atoms with Gasteiger partial charge in [-0.05, 0) is 109 Å².